The fraction of sp³-hybridized carbons (Fsp3) is 0.371. The van der Waals surface area contributed by atoms with E-state index in [4.69, 9.17) is 0 Å². The predicted octanol–water partition coefficient (Wildman–Crippen LogP) is 4.49. The molecular formula is C35H39FN8O3. The van der Waals surface area contributed by atoms with Gasteiger partial charge in [0.15, 0.2) is 0 Å². The van der Waals surface area contributed by atoms with E-state index in [2.05, 4.69) is 37.9 Å². The largest absolute Gasteiger partial charge is 0.368 e. The van der Waals surface area contributed by atoms with Gasteiger partial charge in [-0.1, -0.05) is 36.4 Å². The minimum absolute atomic E-state index is 0.0848. The molecule has 3 aliphatic rings. The normalized spacial score (nSPS) is 17.8. The SMILES string of the molecule is Cc1cc(CC(NC(=O)N2CCC(N3Cc4cccc(F)c4NC3=O)CC2)C(=O)N2CCN(c3ccccc3)CC2)cc2cn[nH]c12. The number of amides is 5. The number of hydrogen-bond donors (Lipinski definition) is 3. The van der Waals surface area contributed by atoms with Crippen LogP contribution in [0.3, 0.4) is 0 Å². The van der Waals surface area contributed by atoms with Gasteiger partial charge in [-0.2, -0.15) is 5.10 Å². The molecule has 0 spiro atoms. The maximum Gasteiger partial charge on any atom is 0.322 e. The third kappa shape index (κ3) is 6.32. The lowest BCUT2D eigenvalue weighted by Crippen LogP contribution is -2.58. The van der Waals surface area contributed by atoms with Crippen LogP contribution in [0.5, 0.6) is 0 Å². The molecule has 12 heteroatoms. The van der Waals surface area contributed by atoms with E-state index >= 15 is 0 Å². The van der Waals surface area contributed by atoms with Crippen molar-refractivity contribution >= 4 is 40.2 Å². The zero-order valence-electron chi connectivity index (χ0n) is 26.4. The Hall–Kier alpha value is -5.13. The summed E-state index contributed by atoms with van der Waals surface area (Å²) in [6.45, 7) is 5.76. The average Bonchev–Trinajstić information content (AvgIpc) is 3.58. The number of benzene rings is 3. The molecule has 1 atom stereocenters. The van der Waals surface area contributed by atoms with E-state index in [1.54, 1.807) is 22.1 Å². The van der Waals surface area contributed by atoms with Gasteiger partial charge in [0.05, 0.1) is 17.4 Å². The summed E-state index contributed by atoms with van der Waals surface area (Å²) in [5.74, 6) is -0.536. The highest BCUT2D eigenvalue weighted by Gasteiger charge is 2.35. The number of hydrogen-bond acceptors (Lipinski definition) is 5. The Morgan fingerprint density at radius 3 is 2.51 bits per heavy atom. The van der Waals surface area contributed by atoms with Crippen LogP contribution in [0.2, 0.25) is 0 Å². The topological polar surface area (TPSA) is 117 Å². The first kappa shape index (κ1) is 30.5. The van der Waals surface area contributed by atoms with Gasteiger partial charge in [-0.15, -0.1) is 0 Å². The average molecular weight is 639 g/mol. The molecule has 3 aromatic carbocycles. The zero-order chi connectivity index (χ0) is 32.5. The smallest absolute Gasteiger partial charge is 0.322 e. The van der Waals surface area contributed by atoms with Gasteiger partial charge >= 0.3 is 12.1 Å². The minimum Gasteiger partial charge on any atom is -0.368 e. The zero-order valence-corrected chi connectivity index (χ0v) is 26.4. The van der Waals surface area contributed by atoms with Crippen molar-refractivity contribution in [3.8, 4) is 0 Å². The molecule has 4 aromatic rings. The third-order valence-electron chi connectivity index (χ3n) is 9.68. The van der Waals surface area contributed by atoms with E-state index in [-0.39, 0.29) is 29.7 Å². The van der Waals surface area contributed by atoms with Crippen molar-refractivity contribution in [2.75, 3.05) is 49.5 Å². The number of H-pyrrole nitrogens is 1. The minimum atomic E-state index is -0.744. The van der Waals surface area contributed by atoms with E-state index in [0.29, 0.717) is 65.1 Å². The fourth-order valence-corrected chi connectivity index (χ4v) is 7.10. The molecule has 5 amide bonds. The molecule has 1 aromatic heterocycles. The van der Waals surface area contributed by atoms with Crippen molar-refractivity contribution in [3.63, 3.8) is 0 Å². The number of carbonyl (C=O) groups excluding carboxylic acids is 3. The number of carbonyl (C=O) groups is 3. The summed E-state index contributed by atoms with van der Waals surface area (Å²) in [4.78, 5) is 48.2. The second-order valence-electron chi connectivity index (χ2n) is 12.7. The van der Waals surface area contributed by atoms with Gasteiger partial charge in [-0.25, -0.2) is 14.0 Å². The summed E-state index contributed by atoms with van der Waals surface area (Å²) in [6, 6.07) is 17.6. The molecule has 0 bridgehead atoms. The lowest BCUT2D eigenvalue weighted by molar-refractivity contribution is -0.133. The number of aromatic nitrogens is 2. The fourth-order valence-electron chi connectivity index (χ4n) is 7.10. The summed E-state index contributed by atoms with van der Waals surface area (Å²) < 4.78 is 14.2. The number of aromatic amines is 1. The third-order valence-corrected chi connectivity index (χ3v) is 9.68. The molecule has 3 N–H and O–H groups in total. The Balaban J connectivity index is 1.02. The number of anilines is 2. The van der Waals surface area contributed by atoms with Crippen molar-refractivity contribution in [2.24, 2.45) is 0 Å². The molecular weight excluding hydrogens is 599 g/mol. The van der Waals surface area contributed by atoms with E-state index in [1.807, 2.05) is 48.2 Å². The number of para-hydroxylation sites is 2. The highest BCUT2D eigenvalue weighted by molar-refractivity contribution is 5.93. The standard InChI is InChI=1S/C35H39FN8O3/c1-23-18-24(19-26-21-37-40-31(23)26)20-30(33(45)42-16-14-41(15-17-42)27-7-3-2-4-8-27)38-34(46)43-12-10-28(11-13-43)44-22-25-6-5-9-29(36)32(25)39-35(44)47/h2-9,18-19,21,28,30H,10-17,20,22H2,1H3,(H,37,40)(H,38,46)(H,39,47). The predicted molar refractivity (Wildman–Crippen MR) is 178 cm³/mol. The van der Waals surface area contributed by atoms with Crippen LogP contribution in [0.15, 0.2) is 66.9 Å². The maximum atomic E-state index is 14.2. The Labute approximate surface area is 272 Å². The first-order chi connectivity index (χ1) is 22.8. The summed E-state index contributed by atoms with van der Waals surface area (Å²) >= 11 is 0. The van der Waals surface area contributed by atoms with Crippen molar-refractivity contribution < 1.29 is 18.8 Å². The monoisotopic (exact) mass is 638 g/mol. The molecule has 4 heterocycles. The van der Waals surface area contributed by atoms with Crippen molar-refractivity contribution in [2.45, 2.75) is 44.8 Å². The summed E-state index contributed by atoms with van der Waals surface area (Å²) in [7, 11) is 0. The van der Waals surface area contributed by atoms with Gasteiger partial charge in [0, 0.05) is 69.3 Å². The molecule has 2 fully saturated rings. The molecule has 1 unspecified atom stereocenters. The molecule has 3 aliphatic heterocycles. The molecule has 7 rings (SSSR count). The Bertz CT molecular complexity index is 1780. The van der Waals surface area contributed by atoms with Crippen molar-refractivity contribution in [3.05, 3.63) is 89.4 Å². The maximum absolute atomic E-state index is 14.2. The van der Waals surface area contributed by atoms with E-state index < -0.39 is 11.9 Å². The van der Waals surface area contributed by atoms with Gasteiger partial charge in [-0.05, 0) is 60.7 Å². The lowest BCUT2D eigenvalue weighted by Gasteiger charge is -2.41. The summed E-state index contributed by atoms with van der Waals surface area (Å²) in [5, 5.41) is 13.9. The number of fused-ring (bicyclic) bond motifs is 2. The highest BCUT2D eigenvalue weighted by Crippen LogP contribution is 2.30. The number of halogens is 1. The number of likely N-dealkylation sites (tertiary alicyclic amines) is 1. The van der Waals surface area contributed by atoms with Gasteiger partial charge in [-0.3, -0.25) is 9.89 Å². The van der Waals surface area contributed by atoms with Crippen LogP contribution >= 0.6 is 0 Å². The van der Waals surface area contributed by atoms with Crippen LogP contribution in [0.25, 0.3) is 10.9 Å². The Kier molecular flexibility index (Phi) is 8.40. The number of aryl methyl sites for hydroxylation is 1. The molecule has 0 aliphatic carbocycles. The van der Waals surface area contributed by atoms with E-state index in [9.17, 15) is 18.8 Å². The van der Waals surface area contributed by atoms with Crippen LogP contribution in [0.1, 0.15) is 29.5 Å². The second kappa shape index (κ2) is 12.9. The Morgan fingerprint density at radius 2 is 1.74 bits per heavy atom. The number of rotatable bonds is 6. The molecule has 11 nitrogen and oxygen atoms in total. The Morgan fingerprint density at radius 1 is 0.979 bits per heavy atom. The number of nitrogens with one attached hydrogen (secondary N) is 3. The van der Waals surface area contributed by atoms with Gasteiger partial charge in [0.25, 0.3) is 0 Å². The molecule has 2 saturated heterocycles. The van der Waals surface area contributed by atoms with E-state index in [1.165, 1.54) is 6.07 Å². The van der Waals surface area contributed by atoms with Gasteiger partial charge in [0.2, 0.25) is 5.91 Å². The first-order valence-corrected chi connectivity index (χ1v) is 16.3. The molecule has 0 radical (unpaired) electrons. The number of urea groups is 2. The van der Waals surface area contributed by atoms with Gasteiger partial charge in [0.1, 0.15) is 11.9 Å². The number of nitrogens with zero attached hydrogens (tertiary/aromatic N) is 5. The van der Waals surface area contributed by atoms with Crippen LogP contribution in [-0.2, 0) is 17.8 Å². The van der Waals surface area contributed by atoms with E-state index in [0.717, 1.165) is 33.3 Å². The number of piperidine rings is 1. The quantitative estimate of drug-likeness (QED) is 0.288. The first-order valence-electron chi connectivity index (χ1n) is 16.3. The summed E-state index contributed by atoms with van der Waals surface area (Å²) in [5.41, 5.74) is 5.04. The highest BCUT2D eigenvalue weighted by atomic mass is 19.1. The molecule has 0 saturated carbocycles. The van der Waals surface area contributed by atoms with Crippen LogP contribution in [0.4, 0.5) is 25.4 Å². The van der Waals surface area contributed by atoms with Crippen molar-refractivity contribution in [1.82, 2.24) is 30.2 Å². The van der Waals surface area contributed by atoms with Crippen molar-refractivity contribution in [1.29, 1.82) is 0 Å². The van der Waals surface area contributed by atoms with Crippen LogP contribution < -0.4 is 15.5 Å². The molecule has 244 valence electrons. The van der Waals surface area contributed by atoms with Gasteiger partial charge < -0.3 is 30.2 Å². The second-order valence-corrected chi connectivity index (χ2v) is 12.7. The summed E-state index contributed by atoms with van der Waals surface area (Å²) in [6.07, 6.45) is 3.29. The lowest BCUT2D eigenvalue weighted by atomic mass is 9.99. The van der Waals surface area contributed by atoms with Crippen LogP contribution in [0, 0.1) is 12.7 Å². The van der Waals surface area contributed by atoms with Crippen LogP contribution in [-0.4, -0.2) is 94.2 Å². The number of piperazine rings is 1. The molecule has 47 heavy (non-hydrogen) atoms.